The van der Waals surface area contributed by atoms with Crippen LogP contribution in [0, 0.1) is 34.5 Å². The van der Waals surface area contributed by atoms with Crippen molar-refractivity contribution in [2.75, 3.05) is 13.2 Å². The van der Waals surface area contributed by atoms with Crippen molar-refractivity contribution >= 4 is 0 Å². The van der Waals surface area contributed by atoms with Crippen molar-refractivity contribution in [3.05, 3.63) is 130 Å². The SMILES string of the molecule is CCCOc1ccc(C#CC23CCC(c4ccc(CC)cc4)(CC2)CC3)cc1.CCCOc1ccc(C#CC23CCC(c4ccc(CCC)cc4)(CC2)CC3)cc1. The Morgan fingerprint density at radius 1 is 0.421 bits per heavy atom. The van der Waals surface area contributed by atoms with E-state index in [0.717, 1.165) is 55.1 Å². The first-order valence-electron chi connectivity index (χ1n) is 22.5. The van der Waals surface area contributed by atoms with E-state index in [-0.39, 0.29) is 10.8 Å². The second-order valence-electron chi connectivity index (χ2n) is 17.9. The molecule has 0 heterocycles. The van der Waals surface area contributed by atoms with Crippen LogP contribution in [-0.4, -0.2) is 13.2 Å². The zero-order valence-corrected chi connectivity index (χ0v) is 35.5. The van der Waals surface area contributed by atoms with Gasteiger partial charge >= 0.3 is 0 Å². The van der Waals surface area contributed by atoms with E-state index < -0.39 is 0 Å². The van der Waals surface area contributed by atoms with Gasteiger partial charge in [-0.15, -0.1) is 0 Å². The van der Waals surface area contributed by atoms with Crippen molar-refractivity contribution in [1.29, 1.82) is 0 Å². The first-order chi connectivity index (χ1) is 27.8. The number of aryl methyl sites for hydroxylation is 2. The van der Waals surface area contributed by atoms with Crippen LogP contribution in [0.4, 0.5) is 0 Å². The molecule has 0 saturated heterocycles. The topological polar surface area (TPSA) is 18.5 Å². The Morgan fingerprint density at radius 2 is 0.789 bits per heavy atom. The molecular weight excluding hydrogens is 693 g/mol. The molecule has 0 radical (unpaired) electrons. The van der Waals surface area contributed by atoms with Crippen molar-refractivity contribution in [3.8, 4) is 35.2 Å². The molecule has 4 aromatic carbocycles. The molecule has 6 aliphatic carbocycles. The first kappa shape index (κ1) is 40.8. The largest absolute Gasteiger partial charge is 0.494 e. The summed E-state index contributed by atoms with van der Waals surface area (Å²) in [6.07, 6.45) is 20.8. The van der Waals surface area contributed by atoms with Gasteiger partial charge < -0.3 is 9.47 Å². The Kier molecular flexibility index (Phi) is 13.2. The van der Waals surface area contributed by atoms with Crippen molar-refractivity contribution in [2.45, 2.75) is 148 Å². The van der Waals surface area contributed by atoms with Crippen LogP contribution in [-0.2, 0) is 23.7 Å². The number of fused-ring (bicyclic) bond motifs is 6. The average molecular weight is 759 g/mol. The summed E-state index contributed by atoms with van der Waals surface area (Å²) in [4.78, 5) is 0. The average Bonchev–Trinajstić information content (AvgIpc) is 3.29. The fourth-order valence-corrected chi connectivity index (χ4v) is 10.1. The molecule has 2 nitrogen and oxygen atoms in total. The van der Waals surface area contributed by atoms with Gasteiger partial charge in [0.25, 0.3) is 0 Å². The highest BCUT2D eigenvalue weighted by Crippen LogP contribution is 2.58. The van der Waals surface area contributed by atoms with Gasteiger partial charge in [0.05, 0.1) is 13.2 Å². The molecule has 57 heavy (non-hydrogen) atoms. The molecule has 0 aliphatic heterocycles. The number of ether oxygens (including phenoxy) is 2. The zero-order valence-electron chi connectivity index (χ0n) is 35.5. The monoisotopic (exact) mass is 759 g/mol. The normalized spacial score (nSPS) is 25.5. The number of hydrogen-bond acceptors (Lipinski definition) is 2. The first-order valence-corrected chi connectivity index (χ1v) is 22.5. The molecule has 0 atom stereocenters. The minimum Gasteiger partial charge on any atom is -0.494 e. The lowest BCUT2D eigenvalue weighted by atomic mass is 9.52. The van der Waals surface area contributed by atoms with Gasteiger partial charge in [-0.1, -0.05) is 106 Å². The Morgan fingerprint density at radius 3 is 1.12 bits per heavy atom. The van der Waals surface area contributed by atoms with Gasteiger partial charge in [-0.05, 0) is 184 Å². The summed E-state index contributed by atoms with van der Waals surface area (Å²) in [6.45, 7) is 10.3. The molecule has 6 fully saturated rings. The van der Waals surface area contributed by atoms with Crippen LogP contribution in [0.5, 0.6) is 11.5 Å². The fourth-order valence-electron chi connectivity index (χ4n) is 10.1. The lowest BCUT2D eigenvalue weighted by Gasteiger charge is -2.51. The van der Waals surface area contributed by atoms with Crippen LogP contribution >= 0.6 is 0 Å². The molecule has 4 bridgehead atoms. The minimum absolute atomic E-state index is 0.237. The molecule has 0 amide bonds. The molecule has 0 aromatic heterocycles. The molecule has 0 N–H and O–H groups in total. The molecule has 10 rings (SSSR count). The summed E-state index contributed by atoms with van der Waals surface area (Å²) in [5, 5.41) is 0. The van der Waals surface area contributed by atoms with Gasteiger partial charge in [-0.2, -0.15) is 0 Å². The van der Waals surface area contributed by atoms with Crippen molar-refractivity contribution in [2.24, 2.45) is 10.8 Å². The zero-order chi connectivity index (χ0) is 39.6. The smallest absolute Gasteiger partial charge is 0.119 e. The second-order valence-corrected chi connectivity index (χ2v) is 17.9. The highest BCUT2D eigenvalue weighted by molar-refractivity contribution is 5.42. The predicted molar refractivity (Wildman–Crippen MR) is 238 cm³/mol. The predicted octanol–water partition coefficient (Wildman–Crippen LogP) is 13.8. The molecule has 2 heteroatoms. The molecule has 0 unspecified atom stereocenters. The van der Waals surface area contributed by atoms with Gasteiger partial charge in [-0.25, -0.2) is 0 Å². The maximum atomic E-state index is 5.68. The summed E-state index contributed by atoms with van der Waals surface area (Å²) in [5.74, 6) is 16.3. The molecule has 4 aromatic rings. The Hall–Kier alpha value is -4.40. The van der Waals surface area contributed by atoms with Crippen LogP contribution in [0.1, 0.15) is 157 Å². The van der Waals surface area contributed by atoms with Crippen LogP contribution < -0.4 is 9.47 Å². The van der Waals surface area contributed by atoms with E-state index in [9.17, 15) is 0 Å². The van der Waals surface area contributed by atoms with Crippen LogP contribution in [0.2, 0.25) is 0 Å². The lowest BCUT2D eigenvalue weighted by molar-refractivity contribution is 0.0865. The highest BCUT2D eigenvalue weighted by atomic mass is 16.5. The Balaban J connectivity index is 0.000000174. The maximum absolute atomic E-state index is 5.68. The van der Waals surface area contributed by atoms with Gasteiger partial charge in [0.1, 0.15) is 11.5 Å². The molecule has 298 valence electrons. The second kappa shape index (κ2) is 18.5. The lowest BCUT2D eigenvalue weighted by Crippen LogP contribution is -2.43. The summed E-state index contributed by atoms with van der Waals surface area (Å²) < 4.78 is 11.3. The van der Waals surface area contributed by atoms with Crippen LogP contribution in [0.25, 0.3) is 0 Å². The summed E-state index contributed by atoms with van der Waals surface area (Å²) in [6, 6.07) is 35.6. The van der Waals surface area contributed by atoms with Crippen LogP contribution in [0.3, 0.4) is 0 Å². The third-order valence-corrected chi connectivity index (χ3v) is 14.2. The van der Waals surface area contributed by atoms with E-state index in [2.05, 4.69) is 124 Å². The Bertz CT molecular complexity index is 1960. The fraction of sp³-hybridized carbons (Fsp3) is 0.491. The highest BCUT2D eigenvalue weighted by Gasteiger charge is 2.49. The molecule has 0 spiro atoms. The molecular formula is C55H66O2. The van der Waals surface area contributed by atoms with E-state index in [4.69, 9.17) is 9.47 Å². The van der Waals surface area contributed by atoms with Crippen LogP contribution in [0.15, 0.2) is 97.1 Å². The third kappa shape index (κ3) is 9.67. The van der Waals surface area contributed by atoms with E-state index in [0.29, 0.717) is 10.8 Å². The Labute approximate surface area is 345 Å². The van der Waals surface area contributed by atoms with E-state index >= 15 is 0 Å². The summed E-state index contributed by atoms with van der Waals surface area (Å²) in [7, 11) is 0. The molecule has 6 saturated carbocycles. The van der Waals surface area contributed by atoms with Gasteiger partial charge in [0.15, 0.2) is 0 Å². The number of hydrogen-bond donors (Lipinski definition) is 0. The van der Waals surface area contributed by atoms with Gasteiger partial charge in [0.2, 0.25) is 0 Å². The van der Waals surface area contributed by atoms with Gasteiger partial charge in [0, 0.05) is 22.0 Å². The van der Waals surface area contributed by atoms with E-state index in [1.807, 2.05) is 24.3 Å². The number of benzene rings is 4. The van der Waals surface area contributed by atoms with E-state index in [1.165, 1.54) is 101 Å². The molecule has 6 aliphatic rings. The van der Waals surface area contributed by atoms with Crippen molar-refractivity contribution < 1.29 is 9.47 Å². The standard InChI is InChI=1S/C28H34O.C27H32O/c1-3-5-23-6-10-25(11-7-23)28-19-16-27(17-20-28,18-21-28)15-14-24-8-12-26(13-9-24)29-22-4-2;1-3-21-28-25-11-7-23(8-12-25)13-14-26-15-18-27(19-16-26,20-17-26)24-9-5-22(4-2)6-10-24/h6-13H,3-5,16-22H2,1-2H3;5-12H,3-4,15-21H2,1-2H3. The third-order valence-electron chi connectivity index (χ3n) is 14.2. The summed E-state index contributed by atoms with van der Waals surface area (Å²) in [5.41, 5.74) is 9.57. The van der Waals surface area contributed by atoms with Gasteiger partial charge in [-0.3, -0.25) is 0 Å². The minimum atomic E-state index is 0.237. The maximum Gasteiger partial charge on any atom is 0.119 e. The van der Waals surface area contributed by atoms with Crippen molar-refractivity contribution in [3.63, 3.8) is 0 Å². The van der Waals surface area contributed by atoms with E-state index in [1.54, 1.807) is 11.1 Å². The summed E-state index contributed by atoms with van der Waals surface area (Å²) >= 11 is 0. The number of rotatable bonds is 11. The van der Waals surface area contributed by atoms with Crippen molar-refractivity contribution in [1.82, 2.24) is 0 Å². The quantitative estimate of drug-likeness (QED) is 0.142.